The summed E-state index contributed by atoms with van der Waals surface area (Å²) in [5, 5.41) is 10.3. The van der Waals surface area contributed by atoms with Crippen molar-refractivity contribution >= 4 is 5.95 Å². The third-order valence-corrected chi connectivity index (χ3v) is 4.04. The quantitative estimate of drug-likeness (QED) is 0.810. The Morgan fingerprint density at radius 1 is 1.30 bits per heavy atom. The van der Waals surface area contributed by atoms with Gasteiger partial charge in [-0.1, -0.05) is 0 Å². The first-order chi connectivity index (χ1) is 11.2. The third-order valence-electron chi connectivity index (χ3n) is 4.04. The molecule has 23 heavy (non-hydrogen) atoms. The molecule has 1 saturated heterocycles. The number of nitrogens with one attached hydrogen (secondary N) is 2. The van der Waals surface area contributed by atoms with E-state index in [1.54, 1.807) is 0 Å². The van der Waals surface area contributed by atoms with E-state index >= 15 is 0 Å². The number of anilines is 1. The SMILES string of the molecule is Cc1[nH]ncc1CN(C)Cc1cnc(NCC2CCCO2)nc1. The summed E-state index contributed by atoms with van der Waals surface area (Å²) < 4.78 is 5.58. The van der Waals surface area contributed by atoms with Gasteiger partial charge in [0.1, 0.15) is 0 Å². The largest absolute Gasteiger partial charge is 0.376 e. The number of aryl methyl sites for hydroxylation is 1. The maximum atomic E-state index is 5.58. The van der Waals surface area contributed by atoms with Crippen molar-refractivity contribution < 1.29 is 4.74 Å². The van der Waals surface area contributed by atoms with Crippen molar-refractivity contribution in [3.8, 4) is 0 Å². The Labute approximate surface area is 136 Å². The third kappa shape index (κ3) is 4.49. The van der Waals surface area contributed by atoms with Crippen LogP contribution in [0.3, 0.4) is 0 Å². The van der Waals surface area contributed by atoms with Crippen molar-refractivity contribution in [2.75, 3.05) is 25.5 Å². The lowest BCUT2D eigenvalue weighted by Crippen LogP contribution is -2.20. The zero-order chi connectivity index (χ0) is 16.1. The first kappa shape index (κ1) is 15.9. The number of rotatable bonds is 7. The zero-order valence-electron chi connectivity index (χ0n) is 13.7. The van der Waals surface area contributed by atoms with Crippen molar-refractivity contribution in [2.24, 2.45) is 0 Å². The Morgan fingerprint density at radius 2 is 2.13 bits per heavy atom. The van der Waals surface area contributed by atoms with Crippen molar-refractivity contribution in [3.05, 3.63) is 35.4 Å². The van der Waals surface area contributed by atoms with Gasteiger partial charge in [-0.25, -0.2) is 9.97 Å². The van der Waals surface area contributed by atoms with E-state index in [9.17, 15) is 0 Å². The molecule has 7 nitrogen and oxygen atoms in total. The second kappa shape index (κ2) is 7.52. The molecule has 0 aliphatic carbocycles. The number of hydrogen-bond acceptors (Lipinski definition) is 6. The normalized spacial score (nSPS) is 17.8. The van der Waals surface area contributed by atoms with Gasteiger partial charge in [-0.05, 0) is 26.8 Å². The molecule has 1 unspecified atom stereocenters. The van der Waals surface area contributed by atoms with Crippen molar-refractivity contribution in [1.29, 1.82) is 0 Å². The van der Waals surface area contributed by atoms with Crippen LogP contribution < -0.4 is 5.32 Å². The Morgan fingerprint density at radius 3 is 2.78 bits per heavy atom. The molecule has 2 aromatic rings. The van der Waals surface area contributed by atoms with E-state index in [0.717, 1.165) is 50.3 Å². The lowest BCUT2D eigenvalue weighted by atomic mass is 10.2. The van der Waals surface area contributed by atoms with Gasteiger partial charge in [0.2, 0.25) is 5.95 Å². The van der Waals surface area contributed by atoms with Crippen LogP contribution in [-0.2, 0) is 17.8 Å². The molecule has 0 radical (unpaired) electrons. The minimum Gasteiger partial charge on any atom is -0.376 e. The van der Waals surface area contributed by atoms with Crippen LogP contribution in [0.2, 0.25) is 0 Å². The minimum absolute atomic E-state index is 0.294. The fourth-order valence-electron chi connectivity index (χ4n) is 2.73. The van der Waals surface area contributed by atoms with Gasteiger partial charge in [-0.3, -0.25) is 10.00 Å². The summed E-state index contributed by atoms with van der Waals surface area (Å²) in [5.41, 5.74) is 3.42. The number of ether oxygens (including phenoxy) is 1. The van der Waals surface area contributed by atoms with Crippen LogP contribution in [0, 0.1) is 6.92 Å². The molecular weight excluding hydrogens is 292 g/mol. The molecular formula is C16H24N6O. The summed E-state index contributed by atoms with van der Waals surface area (Å²) in [6.45, 7) is 5.33. The van der Waals surface area contributed by atoms with Crippen LogP contribution in [0.25, 0.3) is 0 Å². The monoisotopic (exact) mass is 316 g/mol. The number of hydrogen-bond donors (Lipinski definition) is 2. The number of H-pyrrole nitrogens is 1. The molecule has 0 bridgehead atoms. The molecule has 3 rings (SSSR count). The van der Waals surface area contributed by atoms with Crippen LogP contribution in [0.15, 0.2) is 18.6 Å². The predicted molar refractivity (Wildman–Crippen MR) is 88.0 cm³/mol. The Bertz CT molecular complexity index is 605. The summed E-state index contributed by atoms with van der Waals surface area (Å²) in [6.07, 6.45) is 8.19. The van der Waals surface area contributed by atoms with Crippen molar-refractivity contribution in [2.45, 2.75) is 39.0 Å². The molecule has 0 amide bonds. The maximum absolute atomic E-state index is 5.58. The van der Waals surface area contributed by atoms with E-state index in [-0.39, 0.29) is 0 Å². The van der Waals surface area contributed by atoms with Crippen LogP contribution >= 0.6 is 0 Å². The van der Waals surface area contributed by atoms with Gasteiger partial charge >= 0.3 is 0 Å². The topological polar surface area (TPSA) is 79.0 Å². The molecule has 2 N–H and O–H groups in total. The number of aromatic nitrogens is 4. The van der Waals surface area contributed by atoms with Crippen LogP contribution in [0.4, 0.5) is 5.95 Å². The van der Waals surface area contributed by atoms with Gasteiger partial charge in [0, 0.05) is 55.5 Å². The Kier molecular flexibility index (Phi) is 5.19. The molecule has 0 aromatic carbocycles. The molecule has 1 fully saturated rings. The lowest BCUT2D eigenvalue weighted by Gasteiger charge is -2.16. The summed E-state index contributed by atoms with van der Waals surface area (Å²) >= 11 is 0. The highest BCUT2D eigenvalue weighted by Gasteiger charge is 2.15. The average Bonchev–Trinajstić information content (AvgIpc) is 3.19. The molecule has 1 atom stereocenters. The molecule has 1 aliphatic heterocycles. The molecule has 3 heterocycles. The Hall–Kier alpha value is -1.99. The maximum Gasteiger partial charge on any atom is 0.222 e. The van der Waals surface area contributed by atoms with Gasteiger partial charge in [0.05, 0.1) is 12.3 Å². The average molecular weight is 316 g/mol. The highest BCUT2D eigenvalue weighted by molar-refractivity contribution is 5.25. The van der Waals surface area contributed by atoms with Crippen molar-refractivity contribution in [1.82, 2.24) is 25.1 Å². The highest BCUT2D eigenvalue weighted by Crippen LogP contribution is 2.13. The Balaban J connectivity index is 1.47. The zero-order valence-corrected chi connectivity index (χ0v) is 13.7. The van der Waals surface area contributed by atoms with E-state index in [4.69, 9.17) is 4.74 Å². The molecule has 2 aromatic heterocycles. The first-order valence-electron chi connectivity index (χ1n) is 8.04. The molecule has 0 saturated carbocycles. The fourth-order valence-corrected chi connectivity index (χ4v) is 2.73. The standard InChI is InChI=1S/C16H24N6O/c1-12-14(8-20-21-12)11-22(2)10-13-6-17-16(18-7-13)19-9-15-4-3-5-23-15/h6-8,15H,3-5,9-11H2,1-2H3,(H,20,21)(H,17,18,19). The van der Waals surface area contributed by atoms with E-state index < -0.39 is 0 Å². The van der Waals surface area contributed by atoms with Crippen LogP contribution in [0.5, 0.6) is 0 Å². The smallest absolute Gasteiger partial charge is 0.222 e. The second-order valence-corrected chi connectivity index (χ2v) is 6.12. The summed E-state index contributed by atoms with van der Waals surface area (Å²) in [7, 11) is 2.08. The van der Waals surface area contributed by atoms with E-state index in [2.05, 4.69) is 37.4 Å². The van der Waals surface area contributed by atoms with E-state index in [1.807, 2.05) is 25.5 Å². The molecule has 1 aliphatic rings. The lowest BCUT2D eigenvalue weighted by molar-refractivity contribution is 0.120. The molecule has 7 heteroatoms. The first-order valence-corrected chi connectivity index (χ1v) is 8.04. The predicted octanol–water partition coefficient (Wildman–Crippen LogP) is 1.73. The summed E-state index contributed by atoms with van der Waals surface area (Å²) in [5.74, 6) is 0.664. The van der Waals surface area contributed by atoms with Gasteiger partial charge in [-0.15, -0.1) is 0 Å². The minimum atomic E-state index is 0.294. The number of aromatic amines is 1. The van der Waals surface area contributed by atoms with Gasteiger partial charge in [0.15, 0.2) is 0 Å². The number of nitrogens with zero attached hydrogens (tertiary/aromatic N) is 4. The summed E-state index contributed by atoms with van der Waals surface area (Å²) in [6, 6.07) is 0. The van der Waals surface area contributed by atoms with Gasteiger partial charge in [0.25, 0.3) is 0 Å². The van der Waals surface area contributed by atoms with Gasteiger partial charge in [-0.2, -0.15) is 5.10 Å². The molecule has 124 valence electrons. The fraction of sp³-hybridized carbons (Fsp3) is 0.562. The van der Waals surface area contributed by atoms with Crippen molar-refractivity contribution in [3.63, 3.8) is 0 Å². The second-order valence-electron chi connectivity index (χ2n) is 6.12. The van der Waals surface area contributed by atoms with Gasteiger partial charge < -0.3 is 10.1 Å². The molecule has 0 spiro atoms. The van der Waals surface area contributed by atoms with Crippen LogP contribution in [-0.4, -0.2) is 51.4 Å². The van der Waals surface area contributed by atoms with E-state index in [0.29, 0.717) is 12.1 Å². The van der Waals surface area contributed by atoms with Crippen LogP contribution in [0.1, 0.15) is 29.7 Å². The highest BCUT2D eigenvalue weighted by atomic mass is 16.5. The van der Waals surface area contributed by atoms with E-state index in [1.165, 1.54) is 5.56 Å². The summed E-state index contributed by atoms with van der Waals surface area (Å²) in [4.78, 5) is 11.0.